The molecule has 0 aliphatic carbocycles. The molecule has 3 heterocycles. The first kappa shape index (κ1) is 16.7. The summed E-state index contributed by atoms with van der Waals surface area (Å²) in [4.78, 5) is 16.1. The van der Waals surface area contributed by atoms with E-state index in [0.717, 1.165) is 31.1 Å². The van der Waals surface area contributed by atoms with Gasteiger partial charge in [-0.2, -0.15) is 0 Å². The van der Waals surface area contributed by atoms with Crippen LogP contribution in [0, 0.1) is 0 Å². The van der Waals surface area contributed by atoms with Gasteiger partial charge in [-0.25, -0.2) is 0 Å². The van der Waals surface area contributed by atoms with Crippen molar-refractivity contribution in [2.75, 3.05) is 11.9 Å². The first-order valence-electron chi connectivity index (χ1n) is 7.84. The van der Waals surface area contributed by atoms with Crippen molar-refractivity contribution in [2.24, 2.45) is 0 Å². The van der Waals surface area contributed by atoms with E-state index in [1.54, 1.807) is 24.3 Å². The van der Waals surface area contributed by atoms with E-state index < -0.39 is 0 Å². The van der Waals surface area contributed by atoms with Crippen LogP contribution in [0.2, 0.25) is 5.02 Å². The fourth-order valence-corrected chi connectivity index (χ4v) is 4.55. The molecule has 0 fully saturated rings. The smallest absolute Gasteiger partial charge is 0.286 e. The number of rotatable bonds is 4. The third-order valence-corrected chi connectivity index (χ3v) is 6.19. The van der Waals surface area contributed by atoms with Crippen molar-refractivity contribution in [3.05, 3.63) is 61.2 Å². The highest BCUT2D eigenvalue weighted by Crippen LogP contribution is 2.25. The van der Waals surface area contributed by atoms with Crippen LogP contribution >= 0.6 is 34.3 Å². The third kappa shape index (κ3) is 3.90. The number of amides is 1. The summed E-state index contributed by atoms with van der Waals surface area (Å²) in [5, 5.41) is 15.0. The maximum absolute atomic E-state index is 12.3. The SMILES string of the molecule is O=C(Nc1ccc(Cl)cc1)c1nnc(CN2CCc3sccc3C2)s1. The number of aromatic nitrogens is 2. The fourth-order valence-electron chi connectivity index (χ4n) is 2.76. The highest BCUT2D eigenvalue weighted by molar-refractivity contribution is 7.13. The summed E-state index contributed by atoms with van der Waals surface area (Å²) in [6, 6.07) is 9.18. The molecule has 0 unspecified atom stereocenters. The predicted octanol–water partition coefficient (Wildman–Crippen LogP) is 4.06. The molecular formula is C17H15ClN4OS2. The Morgan fingerprint density at radius 3 is 2.92 bits per heavy atom. The number of fused-ring (bicyclic) bond motifs is 1. The molecular weight excluding hydrogens is 376 g/mol. The van der Waals surface area contributed by atoms with Gasteiger partial charge in [-0.05, 0) is 47.7 Å². The van der Waals surface area contributed by atoms with Crippen molar-refractivity contribution in [2.45, 2.75) is 19.5 Å². The second kappa shape index (κ2) is 7.21. The van der Waals surface area contributed by atoms with Crippen molar-refractivity contribution in [3.8, 4) is 0 Å². The van der Waals surface area contributed by atoms with Gasteiger partial charge < -0.3 is 5.32 Å². The normalized spacial score (nSPS) is 14.3. The molecule has 1 aromatic carbocycles. The zero-order valence-corrected chi connectivity index (χ0v) is 15.6. The molecule has 0 saturated heterocycles. The first-order chi connectivity index (χ1) is 12.2. The number of carbonyl (C=O) groups excluding carboxylic acids is 1. The molecule has 0 saturated carbocycles. The van der Waals surface area contributed by atoms with Gasteiger partial charge in [-0.15, -0.1) is 21.5 Å². The summed E-state index contributed by atoms with van der Waals surface area (Å²) in [5.41, 5.74) is 2.09. The Morgan fingerprint density at radius 2 is 2.08 bits per heavy atom. The molecule has 0 bridgehead atoms. The number of hydrogen-bond acceptors (Lipinski definition) is 6. The zero-order valence-electron chi connectivity index (χ0n) is 13.2. The van der Waals surface area contributed by atoms with E-state index in [1.165, 1.54) is 21.8 Å². The molecule has 0 radical (unpaired) electrons. The van der Waals surface area contributed by atoms with E-state index in [4.69, 9.17) is 11.6 Å². The Morgan fingerprint density at radius 1 is 1.24 bits per heavy atom. The van der Waals surface area contributed by atoms with Crippen molar-refractivity contribution < 1.29 is 4.79 Å². The maximum atomic E-state index is 12.3. The Hall–Kier alpha value is -1.80. The summed E-state index contributed by atoms with van der Waals surface area (Å²) in [7, 11) is 0. The molecule has 25 heavy (non-hydrogen) atoms. The predicted molar refractivity (Wildman–Crippen MR) is 101 cm³/mol. The van der Waals surface area contributed by atoms with Crippen LogP contribution < -0.4 is 5.32 Å². The molecule has 5 nitrogen and oxygen atoms in total. The van der Waals surface area contributed by atoms with Crippen LogP contribution in [-0.4, -0.2) is 27.5 Å². The van der Waals surface area contributed by atoms with Crippen LogP contribution in [0.15, 0.2) is 35.7 Å². The van der Waals surface area contributed by atoms with Gasteiger partial charge >= 0.3 is 0 Å². The van der Waals surface area contributed by atoms with Gasteiger partial charge in [-0.3, -0.25) is 9.69 Å². The number of anilines is 1. The summed E-state index contributed by atoms with van der Waals surface area (Å²) in [6.07, 6.45) is 1.08. The number of carbonyl (C=O) groups is 1. The number of hydrogen-bond donors (Lipinski definition) is 1. The van der Waals surface area contributed by atoms with Crippen LogP contribution in [0.4, 0.5) is 5.69 Å². The lowest BCUT2D eigenvalue weighted by Crippen LogP contribution is -2.29. The number of halogens is 1. The molecule has 8 heteroatoms. The number of nitrogens with zero attached hydrogens (tertiary/aromatic N) is 3. The van der Waals surface area contributed by atoms with Crippen molar-refractivity contribution in [1.82, 2.24) is 15.1 Å². The van der Waals surface area contributed by atoms with Gasteiger partial charge in [0.1, 0.15) is 5.01 Å². The number of thiophene rings is 1. The highest BCUT2D eigenvalue weighted by atomic mass is 35.5. The van der Waals surface area contributed by atoms with Gasteiger partial charge in [0, 0.05) is 28.7 Å². The zero-order chi connectivity index (χ0) is 17.2. The standard InChI is InChI=1S/C17H15ClN4OS2/c18-12-1-3-13(4-2-12)19-16(23)17-21-20-15(25-17)10-22-7-5-14-11(9-22)6-8-24-14/h1-4,6,8H,5,7,9-10H2,(H,19,23). The maximum Gasteiger partial charge on any atom is 0.286 e. The lowest BCUT2D eigenvalue weighted by atomic mass is 10.1. The van der Waals surface area contributed by atoms with Gasteiger partial charge in [0.25, 0.3) is 5.91 Å². The first-order valence-corrected chi connectivity index (χ1v) is 9.92. The molecule has 1 aliphatic rings. The van der Waals surface area contributed by atoms with E-state index in [1.807, 2.05) is 11.3 Å². The van der Waals surface area contributed by atoms with Crippen LogP contribution in [0.25, 0.3) is 0 Å². The Labute approximate surface area is 158 Å². The summed E-state index contributed by atoms with van der Waals surface area (Å²) in [5.74, 6) is -0.246. The minimum absolute atomic E-state index is 0.246. The molecule has 2 aromatic heterocycles. The average molecular weight is 391 g/mol. The molecule has 0 spiro atoms. The summed E-state index contributed by atoms with van der Waals surface area (Å²) in [6.45, 7) is 2.67. The average Bonchev–Trinajstić information content (AvgIpc) is 3.26. The lowest BCUT2D eigenvalue weighted by molar-refractivity contribution is 0.102. The van der Waals surface area contributed by atoms with E-state index in [2.05, 4.69) is 31.9 Å². The Balaban J connectivity index is 1.38. The van der Waals surface area contributed by atoms with E-state index >= 15 is 0 Å². The van der Waals surface area contributed by atoms with Crippen LogP contribution in [0.1, 0.15) is 25.3 Å². The summed E-state index contributed by atoms with van der Waals surface area (Å²) >= 11 is 9.02. The van der Waals surface area contributed by atoms with Crippen molar-refractivity contribution >= 4 is 45.9 Å². The largest absolute Gasteiger partial charge is 0.320 e. The van der Waals surface area contributed by atoms with E-state index in [9.17, 15) is 4.79 Å². The molecule has 1 aliphatic heterocycles. The van der Waals surface area contributed by atoms with Gasteiger partial charge in [0.15, 0.2) is 0 Å². The minimum atomic E-state index is -0.246. The van der Waals surface area contributed by atoms with Crippen LogP contribution in [0.5, 0.6) is 0 Å². The topological polar surface area (TPSA) is 58.1 Å². The van der Waals surface area contributed by atoms with E-state index in [0.29, 0.717) is 15.7 Å². The number of nitrogens with one attached hydrogen (secondary N) is 1. The van der Waals surface area contributed by atoms with Crippen LogP contribution in [-0.2, 0) is 19.5 Å². The van der Waals surface area contributed by atoms with Gasteiger partial charge in [0.2, 0.25) is 5.01 Å². The monoisotopic (exact) mass is 390 g/mol. The Bertz CT molecular complexity index is 890. The minimum Gasteiger partial charge on any atom is -0.320 e. The fraction of sp³-hybridized carbons (Fsp3) is 0.235. The second-order valence-corrected chi connectivity index (χ2v) is 8.29. The van der Waals surface area contributed by atoms with Crippen molar-refractivity contribution in [3.63, 3.8) is 0 Å². The third-order valence-electron chi connectivity index (χ3n) is 4.01. The molecule has 1 amide bonds. The second-order valence-electron chi connectivity index (χ2n) is 5.79. The molecule has 1 N–H and O–H groups in total. The molecule has 3 aromatic rings. The Kier molecular flexibility index (Phi) is 4.80. The number of benzene rings is 1. The molecule has 0 atom stereocenters. The quantitative estimate of drug-likeness (QED) is 0.729. The van der Waals surface area contributed by atoms with Gasteiger partial charge in [0.05, 0.1) is 6.54 Å². The lowest BCUT2D eigenvalue weighted by Gasteiger charge is -2.25. The highest BCUT2D eigenvalue weighted by Gasteiger charge is 2.20. The summed E-state index contributed by atoms with van der Waals surface area (Å²) < 4.78 is 0. The molecule has 4 rings (SSSR count). The van der Waals surface area contributed by atoms with Crippen molar-refractivity contribution in [1.29, 1.82) is 0 Å². The van der Waals surface area contributed by atoms with Gasteiger partial charge in [-0.1, -0.05) is 22.9 Å². The molecule has 128 valence electrons. The van der Waals surface area contributed by atoms with Crippen LogP contribution in [0.3, 0.4) is 0 Å². The van der Waals surface area contributed by atoms with E-state index in [-0.39, 0.29) is 5.91 Å².